The topological polar surface area (TPSA) is 138 Å². The second-order valence-corrected chi connectivity index (χ2v) is 6.45. The summed E-state index contributed by atoms with van der Waals surface area (Å²) in [6.45, 7) is 0.212. The van der Waals surface area contributed by atoms with Gasteiger partial charge < -0.3 is 16.0 Å². The largest absolute Gasteiger partial charge is 0.380 e. The molecular formula is C19H21N7O3. The Kier molecular flexibility index (Phi) is 5.74. The zero-order valence-corrected chi connectivity index (χ0v) is 16.0. The number of hydroxylamine groups is 1. The predicted molar refractivity (Wildman–Crippen MR) is 107 cm³/mol. The molecule has 0 atom stereocenters. The summed E-state index contributed by atoms with van der Waals surface area (Å²) in [4.78, 5) is 27.0. The summed E-state index contributed by atoms with van der Waals surface area (Å²) in [5, 5.41) is 19.6. The number of carbonyl (C=O) groups excluding carboxylic acids is 2. The van der Waals surface area contributed by atoms with Crippen LogP contribution < -0.4 is 21.4 Å². The fourth-order valence-corrected chi connectivity index (χ4v) is 2.58. The monoisotopic (exact) mass is 395 g/mol. The van der Waals surface area contributed by atoms with Crippen LogP contribution in [0.1, 0.15) is 26.4 Å². The quantitative estimate of drug-likeness (QED) is 0.360. The highest BCUT2D eigenvalue weighted by Gasteiger charge is 2.17. The van der Waals surface area contributed by atoms with Crippen LogP contribution >= 0.6 is 0 Å². The van der Waals surface area contributed by atoms with Crippen molar-refractivity contribution in [3.63, 3.8) is 0 Å². The van der Waals surface area contributed by atoms with E-state index < -0.39 is 11.8 Å². The molecule has 0 spiro atoms. The number of amides is 2. The molecule has 0 fully saturated rings. The van der Waals surface area contributed by atoms with Crippen LogP contribution in [-0.2, 0) is 6.54 Å². The van der Waals surface area contributed by atoms with Crippen LogP contribution in [0.4, 0.5) is 11.5 Å². The average Bonchev–Trinajstić information content (AvgIpc) is 3.13. The number of nitrogens with one attached hydrogen (secondary N) is 2. The summed E-state index contributed by atoms with van der Waals surface area (Å²) in [6, 6.07) is 13.9. The number of hydrogen-bond donors (Lipinski definition) is 4. The number of nitrogen functional groups attached to an aromatic ring is 1. The Balaban J connectivity index is 1.67. The maximum atomic E-state index is 12.4. The molecule has 150 valence electrons. The van der Waals surface area contributed by atoms with Gasteiger partial charge in [0.1, 0.15) is 0 Å². The van der Waals surface area contributed by atoms with Crippen molar-refractivity contribution in [3.05, 3.63) is 65.4 Å². The molecule has 1 aromatic heterocycles. The third-order valence-corrected chi connectivity index (χ3v) is 4.22. The number of anilines is 2. The van der Waals surface area contributed by atoms with Crippen molar-refractivity contribution in [2.24, 2.45) is 0 Å². The van der Waals surface area contributed by atoms with E-state index >= 15 is 0 Å². The van der Waals surface area contributed by atoms with E-state index in [9.17, 15) is 9.59 Å². The summed E-state index contributed by atoms with van der Waals surface area (Å²) >= 11 is 0. The Hall–Kier alpha value is -3.92. The lowest BCUT2D eigenvalue weighted by atomic mass is 10.1. The van der Waals surface area contributed by atoms with Crippen molar-refractivity contribution in [2.45, 2.75) is 6.54 Å². The molecule has 5 N–H and O–H groups in total. The molecule has 0 aliphatic rings. The smallest absolute Gasteiger partial charge is 0.275 e. The highest BCUT2D eigenvalue weighted by Crippen LogP contribution is 2.16. The van der Waals surface area contributed by atoms with E-state index in [2.05, 4.69) is 15.5 Å². The van der Waals surface area contributed by atoms with Gasteiger partial charge in [-0.3, -0.25) is 14.8 Å². The number of benzene rings is 2. The molecule has 0 saturated carbocycles. The molecule has 2 amide bonds. The summed E-state index contributed by atoms with van der Waals surface area (Å²) in [5.41, 5.74) is 10.2. The van der Waals surface area contributed by atoms with Crippen LogP contribution in [0.5, 0.6) is 0 Å². The third kappa shape index (κ3) is 4.50. The second-order valence-electron chi connectivity index (χ2n) is 6.45. The van der Waals surface area contributed by atoms with Crippen LogP contribution in [0.25, 0.3) is 5.69 Å². The van der Waals surface area contributed by atoms with Gasteiger partial charge in [-0.25, -0.2) is 5.48 Å². The first-order valence-electron chi connectivity index (χ1n) is 8.71. The Labute approximate surface area is 166 Å². The predicted octanol–water partition coefficient (Wildman–Crippen LogP) is 0.965. The number of carbonyl (C=O) groups is 2. The van der Waals surface area contributed by atoms with Gasteiger partial charge in [0.25, 0.3) is 11.8 Å². The fraction of sp³-hybridized carbons (Fsp3) is 0.158. The van der Waals surface area contributed by atoms with Crippen LogP contribution in [0, 0.1) is 0 Å². The molecule has 10 heteroatoms. The van der Waals surface area contributed by atoms with Crippen LogP contribution in [0.2, 0.25) is 0 Å². The Morgan fingerprint density at radius 3 is 2.28 bits per heavy atom. The lowest BCUT2D eigenvalue weighted by Crippen LogP contribution is -2.24. The average molecular weight is 395 g/mol. The van der Waals surface area contributed by atoms with Crippen LogP contribution in [0.3, 0.4) is 0 Å². The minimum Gasteiger partial charge on any atom is -0.380 e. The lowest BCUT2D eigenvalue weighted by molar-refractivity contribution is 0.0706. The molecule has 1 heterocycles. The molecule has 0 radical (unpaired) electrons. The van der Waals surface area contributed by atoms with Gasteiger partial charge in [0.2, 0.25) is 0 Å². The van der Waals surface area contributed by atoms with Gasteiger partial charge in [0.05, 0.1) is 5.69 Å². The molecule has 3 rings (SSSR count). The molecule has 0 saturated heterocycles. The fourth-order valence-electron chi connectivity index (χ4n) is 2.58. The molecule has 0 unspecified atom stereocenters. The van der Waals surface area contributed by atoms with E-state index in [1.165, 1.54) is 16.9 Å². The van der Waals surface area contributed by atoms with Gasteiger partial charge in [-0.2, -0.15) is 0 Å². The third-order valence-electron chi connectivity index (χ3n) is 4.22. The van der Waals surface area contributed by atoms with E-state index in [-0.39, 0.29) is 18.1 Å². The summed E-state index contributed by atoms with van der Waals surface area (Å²) < 4.78 is 0. The highest BCUT2D eigenvalue weighted by atomic mass is 16.5. The van der Waals surface area contributed by atoms with Crippen molar-refractivity contribution in [2.75, 3.05) is 24.7 Å². The highest BCUT2D eigenvalue weighted by molar-refractivity contribution is 5.96. The lowest BCUT2D eigenvalue weighted by Gasteiger charge is -2.12. The number of nitrogens with two attached hydrogens (primary N) is 1. The number of rotatable bonds is 6. The maximum Gasteiger partial charge on any atom is 0.275 e. The van der Waals surface area contributed by atoms with Gasteiger partial charge in [0, 0.05) is 31.9 Å². The van der Waals surface area contributed by atoms with E-state index in [4.69, 9.17) is 10.9 Å². The zero-order chi connectivity index (χ0) is 21.0. The molecule has 3 aromatic rings. The van der Waals surface area contributed by atoms with Crippen molar-refractivity contribution in [1.29, 1.82) is 0 Å². The Morgan fingerprint density at radius 2 is 1.69 bits per heavy atom. The van der Waals surface area contributed by atoms with Gasteiger partial charge >= 0.3 is 0 Å². The number of aromatic nitrogens is 3. The van der Waals surface area contributed by atoms with E-state index in [1.807, 2.05) is 43.3 Å². The molecule has 0 aliphatic carbocycles. The molecule has 29 heavy (non-hydrogen) atoms. The van der Waals surface area contributed by atoms with Crippen molar-refractivity contribution >= 4 is 23.3 Å². The normalized spacial score (nSPS) is 10.4. The SMILES string of the molecule is CN(C)c1ccc(-n2nc(N)c(C(=O)NCc3ccc(C(=O)NO)cc3)n2)cc1. The number of hydrogen-bond acceptors (Lipinski definition) is 7. The van der Waals surface area contributed by atoms with Crippen molar-refractivity contribution < 1.29 is 14.8 Å². The minimum absolute atomic E-state index is 0.0224. The molecule has 0 bridgehead atoms. The Morgan fingerprint density at radius 1 is 1.03 bits per heavy atom. The van der Waals surface area contributed by atoms with Crippen molar-refractivity contribution in [1.82, 2.24) is 25.8 Å². The molecular weight excluding hydrogens is 374 g/mol. The van der Waals surface area contributed by atoms with Crippen LogP contribution in [-0.4, -0.2) is 46.1 Å². The van der Waals surface area contributed by atoms with Gasteiger partial charge in [-0.15, -0.1) is 15.0 Å². The molecule has 2 aromatic carbocycles. The van der Waals surface area contributed by atoms with E-state index in [0.717, 1.165) is 11.3 Å². The maximum absolute atomic E-state index is 12.4. The summed E-state index contributed by atoms with van der Waals surface area (Å²) in [6.07, 6.45) is 0. The first-order chi connectivity index (χ1) is 13.9. The van der Waals surface area contributed by atoms with Crippen molar-refractivity contribution in [3.8, 4) is 5.69 Å². The first-order valence-corrected chi connectivity index (χ1v) is 8.71. The summed E-state index contributed by atoms with van der Waals surface area (Å²) in [7, 11) is 3.88. The van der Waals surface area contributed by atoms with Crippen LogP contribution in [0.15, 0.2) is 48.5 Å². The van der Waals surface area contributed by atoms with Gasteiger partial charge in [0.15, 0.2) is 11.5 Å². The number of nitrogens with zero attached hydrogens (tertiary/aromatic N) is 4. The van der Waals surface area contributed by atoms with Gasteiger partial charge in [-0.1, -0.05) is 12.1 Å². The minimum atomic E-state index is -0.608. The first kappa shape index (κ1) is 19.8. The Bertz CT molecular complexity index is 1010. The summed E-state index contributed by atoms with van der Waals surface area (Å²) in [5.74, 6) is -1.05. The van der Waals surface area contributed by atoms with E-state index in [1.54, 1.807) is 17.6 Å². The van der Waals surface area contributed by atoms with E-state index in [0.29, 0.717) is 11.3 Å². The van der Waals surface area contributed by atoms with Gasteiger partial charge in [-0.05, 0) is 42.0 Å². The standard InChI is InChI=1S/C19H21N7O3/c1-25(2)14-7-9-15(10-8-14)26-22-16(17(20)23-26)19(28)21-11-12-3-5-13(6-4-12)18(27)24-29/h3-10,29H,11H2,1-2H3,(H2,20,23)(H,21,28)(H,24,27). The second kappa shape index (κ2) is 8.40. The molecule has 10 nitrogen and oxygen atoms in total. The molecule has 0 aliphatic heterocycles. The zero-order valence-electron chi connectivity index (χ0n) is 16.0.